The Morgan fingerprint density at radius 2 is 1.70 bits per heavy atom. The van der Waals surface area contributed by atoms with Crippen molar-refractivity contribution in [2.45, 2.75) is 13.5 Å². The molecule has 3 rings (SSSR count). The van der Waals surface area contributed by atoms with Crippen LogP contribution in [0, 0.1) is 6.92 Å². The van der Waals surface area contributed by atoms with E-state index >= 15 is 0 Å². The minimum Gasteiger partial charge on any atom is -0.497 e. The Kier molecular flexibility index (Phi) is 6.31. The molecule has 0 aliphatic carbocycles. The van der Waals surface area contributed by atoms with E-state index in [1.54, 1.807) is 32.4 Å². The van der Waals surface area contributed by atoms with E-state index in [0.29, 0.717) is 23.7 Å². The summed E-state index contributed by atoms with van der Waals surface area (Å²) in [6, 6.07) is 7.28. The lowest BCUT2D eigenvalue weighted by atomic mass is 10.2. The standard InChI is InChI=1S/C19H26N4O4/c1-14-8-16(21-27-14)12-22-4-6-23(7-5-22)13-19(24)20-15-9-17(25-2)11-18(10-15)26-3/h8-11H,4-7,12-13H2,1-3H3,(H,20,24). The SMILES string of the molecule is COc1cc(NC(=O)CN2CCN(Cc3cc(C)on3)CC2)cc(OC)c1. The Balaban J connectivity index is 1.46. The van der Waals surface area contributed by atoms with Crippen LogP contribution in [-0.2, 0) is 11.3 Å². The van der Waals surface area contributed by atoms with Gasteiger partial charge in [-0.25, -0.2) is 0 Å². The summed E-state index contributed by atoms with van der Waals surface area (Å²) in [5, 5.41) is 6.95. The number of hydrogen-bond acceptors (Lipinski definition) is 7. The molecule has 0 bridgehead atoms. The lowest BCUT2D eigenvalue weighted by Crippen LogP contribution is -2.48. The zero-order valence-corrected chi connectivity index (χ0v) is 16.0. The maximum atomic E-state index is 12.4. The summed E-state index contributed by atoms with van der Waals surface area (Å²) in [6.07, 6.45) is 0. The average molecular weight is 374 g/mol. The molecular formula is C19H26N4O4. The number of ether oxygens (including phenoxy) is 2. The quantitative estimate of drug-likeness (QED) is 0.791. The molecule has 8 nitrogen and oxygen atoms in total. The molecule has 1 aliphatic rings. The van der Waals surface area contributed by atoms with E-state index in [9.17, 15) is 4.79 Å². The minimum absolute atomic E-state index is 0.0501. The average Bonchev–Trinajstić information content (AvgIpc) is 3.07. The lowest BCUT2D eigenvalue weighted by molar-refractivity contribution is -0.117. The lowest BCUT2D eigenvalue weighted by Gasteiger charge is -2.33. The molecule has 8 heteroatoms. The van der Waals surface area contributed by atoms with E-state index in [1.165, 1.54) is 0 Å². The first-order valence-corrected chi connectivity index (χ1v) is 8.95. The van der Waals surface area contributed by atoms with E-state index in [4.69, 9.17) is 14.0 Å². The van der Waals surface area contributed by atoms with Gasteiger partial charge in [-0.15, -0.1) is 0 Å². The van der Waals surface area contributed by atoms with Crippen molar-refractivity contribution in [1.29, 1.82) is 0 Å². The van der Waals surface area contributed by atoms with Crippen LogP contribution in [0.4, 0.5) is 5.69 Å². The number of methoxy groups -OCH3 is 2. The maximum absolute atomic E-state index is 12.4. The highest BCUT2D eigenvalue weighted by Gasteiger charge is 2.20. The molecule has 1 amide bonds. The van der Waals surface area contributed by atoms with E-state index in [2.05, 4.69) is 20.3 Å². The largest absolute Gasteiger partial charge is 0.497 e. The molecule has 2 heterocycles. The number of piperazine rings is 1. The summed E-state index contributed by atoms with van der Waals surface area (Å²) in [7, 11) is 3.17. The van der Waals surface area contributed by atoms with Crippen LogP contribution in [-0.4, -0.2) is 67.8 Å². The molecular weight excluding hydrogens is 348 g/mol. The zero-order valence-electron chi connectivity index (χ0n) is 16.0. The van der Waals surface area contributed by atoms with Gasteiger partial charge in [-0.05, 0) is 6.92 Å². The van der Waals surface area contributed by atoms with Gasteiger partial charge in [0.05, 0.1) is 26.5 Å². The maximum Gasteiger partial charge on any atom is 0.238 e. The molecule has 1 N–H and O–H groups in total. The number of carbonyl (C=O) groups is 1. The van der Waals surface area contributed by atoms with Crippen molar-refractivity contribution in [3.05, 3.63) is 35.7 Å². The van der Waals surface area contributed by atoms with Gasteiger partial charge in [-0.2, -0.15) is 0 Å². The van der Waals surface area contributed by atoms with Crippen LogP contribution in [0.3, 0.4) is 0 Å². The second kappa shape index (κ2) is 8.88. The first kappa shape index (κ1) is 19.2. The number of carbonyl (C=O) groups excluding carboxylic acids is 1. The van der Waals surface area contributed by atoms with Crippen molar-refractivity contribution < 1.29 is 18.8 Å². The van der Waals surface area contributed by atoms with Crippen LogP contribution in [0.5, 0.6) is 11.5 Å². The van der Waals surface area contributed by atoms with E-state index in [0.717, 1.165) is 44.2 Å². The van der Waals surface area contributed by atoms with Crippen LogP contribution in [0.15, 0.2) is 28.8 Å². The van der Waals surface area contributed by atoms with Crippen LogP contribution in [0.25, 0.3) is 0 Å². The third kappa shape index (κ3) is 5.45. The third-order valence-electron chi connectivity index (χ3n) is 4.53. The second-order valence-electron chi connectivity index (χ2n) is 6.63. The molecule has 0 unspecified atom stereocenters. The number of aryl methyl sites for hydroxylation is 1. The topological polar surface area (TPSA) is 80.1 Å². The molecule has 27 heavy (non-hydrogen) atoms. The number of nitrogens with zero attached hydrogens (tertiary/aromatic N) is 3. The Bertz CT molecular complexity index is 747. The van der Waals surface area contributed by atoms with Gasteiger partial charge >= 0.3 is 0 Å². The fraction of sp³-hybridized carbons (Fsp3) is 0.474. The van der Waals surface area contributed by atoms with Gasteiger partial charge in [-0.1, -0.05) is 5.16 Å². The predicted molar refractivity (Wildman–Crippen MR) is 101 cm³/mol. The number of amides is 1. The monoisotopic (exact) mass is 374 g/mol. The molecule has 0 atom stereocenters. The second-order valence-corrected chi connectivity index (χ2v) is 6.63. The van der Waals surface area contributed by atoms with Crippen LogP contribution >= 0.6 is 0 Å². The van der Waals surface area contributed by atoms with E-state index in [-0.39, 0.29) is 5.91 Å². The number of aromatic nitrogens is 1. The summed E-state index contributed by atoms with van der Waals surface area (Å²) in [5.41, 5.74) is 1.61. The van der Waals surface area contributed by atoms with Crippen molar-refractivity contribution in [3.8, 4) is 11.5 Å². The Hall–Kier alpha value is -2.58. The zero-order chi connectivity index (χ0) is 19.2. The summed E-state index contributed by atoms with van der Waals surface area (Å²) >= 11 is 0. The van der Waals surface area contributed by atoms with Crippen molar-refractivity contribution >= 4 is 11.6 Å². The smallest absolute Gasteiger partial charge is 0.238 e. The number of rotatable bonds is 7. The van der Waals surface area contributed by atoms with Gasteiger partial charge < -0.3 is 19.3 Å². The molecule has 0 saturated carbocycles. The molecule has 1 saturated heterocycles. The Morgan fingerprint density at radius 1 is 1.07 bits per heavy atom. The number of benzene rings is 1. The minimum atomic E-state index is -0.0501. The summed E-state index contributed by atoms with van der Waals surface area (Å²) < 4.78 is 15.6. The van der Waals surface area contributed by atoms with Gasteiger partial charge in [0.25, 0.3) is 0 Å². The van der Waals surface area contributed by atoms with Crippen molar-refractivity contribution in [3.63, 3.8) is 0 Å². The first-order chi connectivity index (χ1) is 13.1. The van der Waals surface area contributed by atoms with Crippen LogP contribution in [0.2, 0.25) is 0 Å². The van der Waals surface area contributed by atoms with Crippen LogP contribution in [0.1, 0.15) is 11.5 Å². The molecule has 0 spiro atoms. The molecule has 1 aromatic heterocycles. The van der Waals surface area contributed by atoms with Crippen LogP contribution < -0.4 is 14.8 Å². The molecule has 1 aromatic carbocycles. The molecule has 2 aromatic rings. The fourth-order valence-corrected chi connectivity index (χ4v) is 3.11. The Labute approximate surface area is 159 Å². The highest BCUT2D eigenvalue weighted by atomic mass is 16.5. The highest BCUT2D eigenvalue weighted by molar-refractivity contribution is 5.92. The van der Waals surface area contributed by atoms with Gasteiger partial charge in [0.2, 0.25) is 5.91 Å². The van der Waals surface area contributed by atoms with E-state index < -0.39 is 0 Å². The van der Waals surface area contributed by atoms with Gasteiger partial charge in [-0.3, -0.25) is 14.6 Å². The first-order valence-electron chi connectivity index (χ1n) is 8.95. The van der Waals surface area contributed by atoms with Gasteiger partial charge in [0.15, 0.2) is 0 Å². The number of anilines is 1. The predicted octanol–water partition coefficient (Wildman–Crippen LogP) is 1.76. The summed E-state index contributed by atoms with van der Waals surface area (Å²) in [6.45, 7) is 6.50. The molecule has 146 valence electrons. The fourth-order valence-electron chi connectivity index (χ4n) is 3.11. The van der Waals surface area contributed by atoms with Crippen molar-refractivity contribution in [2.75, 3.05) is 52.3 Å². The summed E-state index contributed by atoms with van der Waals surface area (Å²) in [5.74, 6) is 2.06. The normalized spacial score (nSPS) is 15.5. The third-order valence-corrected chi connectivity index (χ3v) is 4.53. The van der Waals surface area contributed by atoms with E-state index in [1.807, 2.05) is 13.0 Å². The Morgan fingerprint density at radius 3 is 2.26 bits per heavy atom. The number of hydrogen-bond donors (Lipinski definition) is 1. The molecule has 0 radical (unpaired) electrons. The summed E-state index contributed by atoms with van der Waals surface area (Å²) in [4.78, 5) is 16.9. The molecule has 1 fully saturated rings. The van der Waals surface area contributed by atoms with Gasteiger partial charge in [0.1, 0.15) is 17.3 Å². The number of nitrogens with one attached hydrogen (secondary N) is 1. The molecule has 1 aliphatic heterocycles. The van der Waals surface area contributed by atoms with Crippen molar-refractivity contribution in [1.82, 2.24) is 15.0 Å². The van der Waals surface area contributed by atoms with Gasteiger partial charge in [0, 0.05) is 62.7 Å². The highest BCUT2D eigenvalue weighted by Crippen LogP contribution is 2.25. The van der Waals surface area contributed by atoms with Crippen molar-refractivity contribution in [2.24, 2.45) is 0 Å².